The molecule has 1 aromatic carbocycles. The number of nitrogens with zero attached hydrogens (tertiary/aromatic N) is 1. The van der Waals surface area contributed by atoms with E-state index in [2.05, 4.69) is 0 Å². The number of rotatable bonds is 5. The van der Waals surface area contributed by atoms with E-state index in [4.69, 9.17) is 5.11 Å². The van der Waals surface area contributed by atoms with Gasteiger partial charge in [-0.25, -0.2) is 8.42 Å². The highest BCUT2D eigenvalue weighted by molar-refractivity contribution is 7.89. The van der Waals surface area contributed by atoms with E-state index in [1.54, 1.807) is 12.1 Å². The highest BCUT2D eigenvalue weighted by Gasteiger charge is 2.22. The maximum atomic E-state index is 12.0. The molecule has 1 aromatic rings. The molecule has 0 saturated heterocycles. The van der Waals surface area contributed by atoms with Crippen molar-refractivity contribution in [3.05, 3.63) is 29.8 Å². The molecule has 1 atom stereocenters. The van der Waals surface area contributed by atoms with Crippen LogP contribution in [0.1, 0.15) is 33.3 Å². The van der Waals surface area contributed by atoms with E-state index in [0.717, 1.165) is 9.87 Å². The molecule has 0 fully saturated rings. The van der Waals surface area contributed by atoms with Gasteiger partial charge < -0.3 is 10.2 Å². The number of likely N-dealkylation sites (N-methyl/N-ethyl adjacent to an activating group) is 1. The van der Waals surface area contributed by atoms with E-state index in [0.29, 0.717) is 0 Å². The summed E-state index contributed by atoms with van der Waals surface area (Å²) in [7, 11) is -2.23. The summed E-state index contributed by atoms with van der Waals surface area (Å²) in [4.78, 5) is 0.177. The van der Waals surface area contributed by atoms with Gasteiger partial charge in [0.2, 0.25) is 10.0 Å². The summed E-state index contributed by atoms with van der Waals surface area (Å²) in [6.45, 7) is 9.27. The summed E-state index contributed by atoms with van der Waals surface area (Å²) in [6, 6.07) is 6.46. The fourth-order valence-electron chi connectivity index (χ4n) is 1.34. The zero-order valence-corrected chi connectivity index (χ0v) is 14.7. The van der Waals surface area contributed by atoms with Crippen LogP contribution in [0.3, 0.4) is 0 Å². The largest absolute Gasteiger partial charge is 0.394 e. The van der Waals surface area contributed by atoms with Gasteiger partial charge >= 0.3 is 0 Å². The lowest BCUT2D eigenvalue weighted by molar-refractivity contribution is 0.0826. The molecular formula is C15H29NO4S. The number of benzene rings is 1. The van der Waals surface area contributed by atoms with Crippen molar-refractivity contribution < 1.29 is 18.6 Å². The molecule has 0 amide bonds. The third-order valence-electron chi connectivity index (χ3n) is 2.41. The number of aryl methyl sites for hydroxylation is 1. The molecule has 0 saturated carbocycles. The summed E-state index contributed by atoms with van der Waals surface area (Å²) in [5.74, 6) is 0. The lowest BCUT2D eigenvalue weighted by Crippen LogP contribution is -2.35. The van der Waals surface area contributed by atoms with Gasteiger partial charge in [-0.1, -0.05) is 45.4 Å². The summed E-state index contributed by atoms with van der Waals surface area (Å²) in [5, 5.41) is 17.9. The summed E-state index contributed by atoms with van der Waals surface area (Å²) < 4.78 is 25.1. The summed E-state index contributed by atoms with van der Waals surface area (Å²) >= 11 is 0. The van der Waals surface area contributed by atoms with Crippen molar-refractivity contribution >= 4 is 10.0 Å². The van der Waals surface area contributed by atoms with Crippen LogP contribution in [0.2, 0.25) is 0 Å². The van der Waals surface area contributed by atoms with Gasteiger partial charge in [-0.15, -0.1) is 0 Å². The quantitative estimate of drug-likeness (QED) is 0.870. The van der Waals surface area contributed by atoms with Crippen LogP contribution >= 0.6 is 0 Å². The van der Waals surface area contributed by atoms with Crippen LogP contribution in [-0.4, -0.2) is 49.2 Å². The number of aliphatic hydroxyl groups excluding tert-OH is 2. The second-order valence-corrected chi connectivity index (χ2v) is 5.98. The van der Waals surface area contributed by atoms with Crippen molar-refractivity contribution in [3.63, 3.8) is 0 Å². The van der Waals surface area contributed by atoms with E-state index >= 15 is 0 Å². The molecule has 1 unspecified atom stereocenters. The molecule has 21 heavy (non-hydrogen) atoms. The second kappa shape index (κ2) is 11.7. The van der Waals surface area contributed by atoms with E-state index < -0.39 is 22.7 Å². The van der Waals surface area contributed by atoms with Gasteiger partial charge in [-0.3, -0.25) is 0 Å². The van der Waals surface area contributed by atoms with Crippen LogP contribution in [0.15, 0.2) is 29.2 Å². The third kappa shape index (κ3) is 7.57. The predicted molar refractivity (Wildman–Crippen MR) is 86.8 cm³/mol. The van der Waals surface area contributed by atoms with E-state index in [-0.39, 0.29) is 11.4 Å². The number of hydrogen-bond acceptors (Lipinski definition) is 4. The Hall–Kier alpha value is -0.950. The van der Waals surface area contributed by atoms with Gasteiger partial charge in [-0.2, -0.15) is 4.31 Å². The highest BCUT2D eigenvalue weighted by Crippen LogP contribution is 2.15. The molecule has 0 aliphatic carbocycles. The number of sulfonamides is 1. The zero-order valence-electron chi connectivity index (χ0n) is 13.9. The number of aliphatic hydroxyl groups is 2. The van der Waals surface area contributed by atoms with Crippen molar-refractivity contribution in [1.29, 1.82) is 0 Å². The Morgan fingerprint density at radius 2 is 1.52 bits per heavy atom. The average Bonchev–Trinajstić information content (AvgIpc) is 2.51. The lowest BCUT2D eigenvalue weighted by Gasteiger charge is -2.19. The van der Waals surface area contributed by atoms with E-state index in [1.165, 1.54) is 19.2 Å². The van der Waals surface area contributed by atoms with E-state index in [1.807, 2.05) is 34.6 Å². The molecule has 0 bridgehead atoms. The Morgan fingerprint density at radius 1 is 1.10 bits per heavy atom. The van der Waals surface area contributed by atoms with Crippen LogP contribution in [0, 0.1) is 6.92 Å². The summed E-state index contributed by atoms with van der Waals surface area (Å²) in [5.41, 5.74) is 0.974. The Morgan fingerprint density at radius 3 is 1.90 bits per heavy atom. The zero-order chi connectivity index (χ0) is 17.1. The molecule has 6 heteroatoms. The van der Waals surface area contributed by atoms with Crippen LogP contribution < -0.4 is 0 Å². The van der Waals surface area contributed by atoms with Crippen LogP contribution in [0.4, 0.5) is 0 Å². The van der Waals surface area contributed by atoms with Gasteiger partial charge in [0, 0.05) is 13.6 Å². The van der Waals surface area contributed by atoms with E-state index in [9.17, 15) is 13.5 Å². The third-order valence-corrected chi connectivity index (χ3v) is 4.25. The van der Waals surface area contributed by atoms with Crippen LogP contribution in [0.25, 0.3) is 0 Å². The first kappa shape index (κ1) is 22.3. The molecule has 0 aliphatic rings. The molecule has 0 aliphatic heterocycles. The molecule has 2 N–H and O–H groups in total. The van der Waals surface area contributed by atoms with Gasteiger partial charge in [0.25, 0.3) is 0 Å². The minimum absolute atomic E-state index is 0.132. The number of hydrogen-bond donors (Lipinski definition) is 2. The minimum Gasteiger partial charge on any atom is -0.394 e. The van der Waals surface area contributed by atoms with Crippen molar-refractivity contribution in [2.24, 2.45) is 0 Å². The smallest absolute Gasteiger partial charge is 0.242 e. The molecule has 0 spiro atoms. The topological polar surface area (TPSA) is 77.8 Å². The lowest BCUT2D eigenvalue weighted by atomic mass is 10.2. The molecule has 124 valence electrons. The normalized spacial score (nSPS) is 11.9. The molecule has 0 aromatic heterocycles. The van der Waals surface area contributed by atoms with Crippen molar-refractivity contribution in [3.8, 4) is 0 Å². The Balaban J connectivity index is 0. The van der Waals surface area contributed by atoms with Crippen LogP contribution in [-0.2, 0) is 10.0 Å². The predicted octanol–water partition coefficient (Wildman–Crippen LogP) is 2.02. The standard InChI is InChI=1S/C11H17NO4S.2C2H6/c1-9-3-5-11(6-4-9)17(15,16)12(2)7-10(14)8-13;2*1-2/h3-6,10,13-14H,7-8H2,1-2H3;2*1-2H3. The fraction of sp³-hybridized carbons (Fsp3) is 0.600. The Bertz CT molecular complexity index is 457. The SMILES string of the molecule is CC.CC.Cc1ccc(S(=O)(=O)N(C)CC(O)CO)cc1. The first-order valence-corrected chi connectivity index (χ1v) is 8.64. The van der Waals surface area contributed by atoms with Gasteiger partial charge in [-0.05, 0) is 19.1 Å². The van der Waals surface area contributed by atoms with Gasteiger partial charge in [0.1, 0.15) is 0 Å². The molecule has 5 nitrogen and oxygen atoms in total. The molecular weight excluding hydrogens is 290 g/mol. The van der Waals surface area contributed by atoms with Crippen molar-refractivity contribution in [2.45, 2.75) is 45.6 Å². The summed E-state index contributed by atoms with van der Waals surface area (Å²) in [6.07, 6.45) is -1.07. The Kier molecular flexibility index (Phi) is 12.4. The average molecular weight is 319 g/mol. The molecule has 0 heterocycles. The highest BCUT2D eigenvalue weighted by atomic mass is 32.2. The second-order valence-electron chi connectivity index (χ2n) is 3.93. The maximum Gasteiger partial charge on any atom is 0.242 e. The monoisotopic (exact) mass is 319 g/mol. The Labute approximate surface area is 129 Å². The maximum absolute atomic E-state index is 12.0. The van der Waals surface area contributed by atoms with Crippen molar-refractivity contribution in [2.75, 3.05) is 20.2 Å². The fourth-order valence-corrected chi connectivity index (χ4v) is 2.55. The molecule has 0 radical (unpaired) electrons. The van der Waals surface area contributed by atoms with Crippen molar-refractivity contribution in [1.82, 2.24) is 4.31 Å². The minimum atomic E-state index is -3.60. The molecule has 1 rings (SSSR count). The van der Waals surface area contributed by atoms with Gasteiger partial charge in [0.15, 0.2) is 0 Å². The first-order chi connectivity index (χ1) is 9.87. The van der Waals surface area contributed by atoms with Crippen LogP contribution in [0.5, 0.6) is 0 Å². The van der Waals surface area contributed by atoms with Gasteiger partial charge in [0.05, 0.1) is 17.6 Å². The first-order valence-electron chi connectivity index (χ1n) is 7.20.